The van der Waals surface area contributed by atoms with Crippen molar-refractivity contribution in [1.29, 1.82) is 0 Å². The van der Waals surface area contributed by atoms with Crippen LogP contribution in [0.1, 0.15) is 15.9 Å². The number of esters is 1. The van der Waals surface area contributed by atoms with Gasteiger partial charge in [0.05, 0.1) is 5.56 Å². The second-order valence-corrected chi connectivity index (χ2v) is 5.72. The number of hydrogen-bond acceptors (Lipinski definition) is 4. The quantitative estimate of drug-likeness (QED) is 0.768. The zero-order chi connectivity index (χ0) is 17.4. The predicted octanol–water partition coefficient (Wildman–Crippen LogP) is 2.63. The van der Waals surface area contributed by atoms with Crippen LogP contribution in [0.4, 0.5) is 4.79 Å². The minimum absolute atomic E-state index is 0.289. The smallest absolute Gasteiger partial charge is 0.338 e. The minimum atomic E-state index is -0.705. The van der Waals surface area contributed by atoms with E-state index in [1.165, 1.54) is 0 Å². The van der Waals surface area contributed by atoms with Crippen LogP contribution in [0.5, 0.6) is 0 Å². The first-order valence-corrected chi connectivity index (χ1v) is 7.88. The molecule has 0 spiro atoms. The van der Waals surface area contributed by atoms with Crippen LogP contribution in [0.15, 0.2) is 59.1 Å². The van der Waals surface area contributed by atoms with E-state index in [1.807, 2.05) is 30.3 Å². The molecule has 0 fully saturated rings. The maximum atomic E-state index is 11.8. The van der Waals surface area contributed by atoms with Crippen molar-refractivity contribution in [3.05, 3.63) is 70.2 Å². The number of halogens is 1. The third-order valence-electron chi connectivity index (χ3n) is 2.94. The Balaban J connectivity index is 1.72. The molecular formula is C17H15BrN2O4. The van der Waals surface area contributed by atoms with Crippen molar-refractivity contribution in [2.24, 2.45) is 0 Å². The third-order valence-corrected chi connectivity index (χ3v) is 3.44. The van der Waals surface area contributed by atoms with Crippen LogP contribution in [0.2, 0.25) is 0 Å². The number of amides is 3. The van der Waals surface area contributed by atoms with E-state index in [4.69, 9.17) is 4.74 Å². The van der Waals surface area contributed by atoms with Crippen LogP contribution in [-0.4, -0.2) is 24.5 Å². The highest BCUT2D eigenvalue weighted by Crippen LogP contribution is 2.12. The average molecular weight is 391 g/mol. The summed E-state index contributed by atoms with van der Waals surface area (Å²) in [4.78, 5) is 35.0. The Hall–Kier alpha value is -2.67. The summed E-state index contributed by atoms with van der Waals surface area (Å²) in [6.45, 7) is -0.248. The van der Waals surface area contributed by atoms with Crippen molar-refractivity contribution in [3.63, 3.8) is 0 Å². The van der Waals surface area contributed by atoms with E-state index < -0.39 is 24.5 Å². The van der Waals surface area contributed by atoms with Gasteiger partial charge in [-0.2, -0.15) is 0 Å². The molecule has 3 amide bonds. The highest BCUT2D eigenvalue weighted by Gasteiger charge is 2.12. The Morgan fingerprint density at radius 1 is 1.00 bits per heavy atom. The predicted molar refractivity (Wildman–Crippen MR) is 91.2 cm³/mol. The summed E-state index contributed by atoms with van der Waals surface area (Å²) in [6.07, 6.45) is 0. The van der Waals surface area contributed by atoms with Gasteiger partial charge in [0.15, 0.2) is 6.61 Å². The molecule has 0 saturated carbocycles. The van der Waals surface area contributed by atoms with Gasteiger partial charge >= 0.3 is 12.0 Å². The van der Waals surface area contributed by atoms with Gasteiger partial charge in [0.1, 0.15) is 0 Å². The molecule has 0 unspecified atom stereocenters. The summed E-state index contributed by atoms with van der Waals surface area (Å²) in [5, 5.41) is 4.63. The van der Waals surface area contributed by atoms with E-state index >= 15 is 0 Å². The summed E-state index contributed by atoms with van der Waals surface area (Å²) in [5.41, 5.74) is 1.21. The van der Waals surface area contributed by atoms with E-state index in [2.05, 4.69) is 26.6 Å². The van der Waals surface area contributed by atoms with Crippen molar-refractivity contribution < 1.29 is 19.1 Å². The van der Waals surface area contributed by atoms with Gasteiger partial charge in [-0.25, -0.2) is 9.59 Å². The fraction of sp³-hybridized carbons (Fsp3) is 0.118. The number of rotatable bonds is 5. The fourth-order valence-corrected chi connectivity index (χ4v) is 2.21. The van der Waals surface area contributed by atoms with Crippen LogP contribution in [-0.2, 0) is 16.1 Å². The topological polar surface area (TPSA) is 84.5 Å². The Labute approximate surface area is 147 Å². The van der Waals surface area contributed by atoms with Crippen molar-refractivity contribution in [1.82, 2.24) is 10.6 Å². The van der Waals surface area contributed by atoms with Gasteiger partial charge in [-0.05, 0) is 23.8 Å². The zero-order valence-corrected chi connectivity index (χ0v) is 14.2. The van der Waals surface area contributed by atoms with E-state index in [0.29, 0.717) is 5.56 Å². The second kappa shape index (κ2) is 8.83. The Morgan fingerprint density at radius 3 is 2.46 bits per heavy atom. The first-order chi connectivity index (χ1) is 11.5. The molecule has 0 bridgehead atoms. The first-order valence-electron chi connectivity index (χ1n) is 7.09. The molecule has 0 heterocycles. The zero-order valence-electron chi connectivity index (χ0n) is 12.6. The van der Waals surface area contributed by atoms with Gasteiger partial charge in [-0.1, -0.05) is 52.3 Å². The molecule has 2 rings (SSSR count). The van der Waals surface area contributed by atoms with Crippen molar-refractivity contribution in [3.8, 4) is 0 Å². The van der Waals surface area contributed by atoms with E-state index in [0.717, 1.165) is 10.0 Å². The summed E-state index contributed by atoms with van der Waals surface area (Å²) < 4.78 is 5.58. The lowest BCUT2D eigenvalue weighted by Crippen LogP contribution is -2.41. The van der Waals surface area contributed by atoms with Crippen molar-refractivity contribution >= 4 is 33.8 Å². The molecule has 7 heteroatoms. The van der Waals surface area contributed by atoms with E-state index in [9.17, 15) is 14.4 Å². The second-order valence-electron chi connectivity index (χ2n) is 4.80. The Morgan fingerprint density at radius 2 is 1.75 bits per heavy atom. The van der Waals surface area contributed by atoms with Gasteiger partial charge in [0.25, 0.3) is 5.91 Å². The molecule has 0 aliphatic heterocycles. The molecule has 0 atom stereocenters. The van der Waals surface area contributed by atoms with Gasteiger partial charge in [-0.3, -0.25) is 10.1 Å². The normalized spacial score (nSPS) is 9.88. The lowest BCUT2D eigenvalue weighted by Gasteiger charge is -2.07. The molecular weight excluding hydrogens is 376 g/mol. The molecule has 124 valence electrons. The number of carbonyl (C=O) groups excluding carboxylic acids is 3. The number of urea groups is 1. The molecule has 0 aliphatic rings. The summed E-state index contributed by atoms with van der Waals surface area (Å²) in [6, 6.07) is 15.2. The van der Waals surface area contributed by atoms with Crippen LogP contribution in [0.25, 0.3) is 0 Å². The van der Waals surface area contributed by atoms with E-state index in [1.54, 1.807) is 24.3 Å². The Bertz CT molecular complexity index is 734. The van der Waals surface area contributed by atoms with Gasteiger partial charge in [0, 0.05) is 11.0 Å². The lowest BCUT2D eigenvalue weighted by molar-refractivity contribution is -0.123. The molecule has 6 nitrogen and oxygen atoms in total. The number of benzene rings is 2. The first kappa shape index (κ1) is 17.7. The van der Waals surface area contributed by atoms with Crippen LogP contribution in [0, 0.1) is 0 Å². The number of carbonyl (C=O) groups is 3. The fourth-order valence-electron chi connectivity index (χ4n) is 1.81. The highest BCUT2D eigenvalue weighted by atomic mass is 79.9. The molecule has 2 aromatic rings. The number of hydrogen-bond donors (Lipinski definition) is 2. The standard InChI is InChI=1S/C17H15BrN2O4/c18-14-8-4-7-13(9-14)16(22)24-11-15(21)20-17(23)19-10-12-5-2-1-3-6-12/h1-9H,10-11H2,(H2,19,20,21,23). The van der Waals surface area contributed by atoms with Gasteiger partial charge < -0.3 is 10.1 Å². The summed E-state index contributed by atoms with van der Waals surface area (Å²) in [5.74, 6) is -1.35. The lowest BCUT2D eigenvalue weighted by atomic mass is 10.2. The van der Waals surface area contributed by atoms with Crippen LogP contribution < -0.4 is 10.6 Å². The van der Waals surface area contributed by atoms with Crippen molar-refractivity contribution in [2.45, 2.75) is 6.54 Å². The molecule has 2 aromatic carbocycles. The molecule has 0 saturated heterocycles. The average Bonchev–Trinajstić information content (AvgIpc) is 2.59. The minimum Gasteiger partial charge on any atom is -0.452 e. The molecule has 0 aromatic heterocycles. The number of imide groups is 1. The van der Waals surface area contributed by atoms with Crippen molar-refractivity contribution in [2.75, 3.05) is 6.61 Å². The number of nitrogens with one attached hydrogen (secondary N) is 2. The van der Waals surface area contributed by atoms with Gasteiger partial charge in [0.2, 0.25) is 0 Å². The maximum absolute atomic E-state index is 11.8. The SMILES string of the molecule is O=C(COC(=O)c1cccc(Br)c1)NC(=O)NCc1ccccc1. The molecule has 0 radical (unpaired) electrons. The largest absolute Gasteiger partial charge is 0.452 e. The molecule has 24 heavy (non-hydrogen) atoms. The van der Waals surface area contributed by atoms with Crippen LogP contribution in [0.3, 0.4) is 0 Å². The van der Waals surface area contributed by atoms with E-state index in [-0.39, 0.29) is 6.54 Å². The molecule has 2 N–H and O–H groups in total. The molecule has 0 aliphatic carbocycles. The third kappa shape index (κ3) is 5.85. The maximum Gasteiger partial charge on any atom is 0.338 e. The Kier molecular flexibility index (Phi) is 6.51. The number of ether oxygens (including phenoxy) is 1. The highest BCUT2D eigenvalue weighted by molar-refractivity contribution is 9.10. The van der Waals surface area contributed by atoms with Crippen LogP contribution >= 0.6 is 15.9 Å². The van der Waals surface area contributed by atoms with Gasteiger partial charge in [-0.15, -0.1) is 0 Å². The summed E-state index contributed by atoms with van der Waals surface area (Å²) in [7, 11) is 0. The summed E-state index contributed by atoms with van der Waals surface area (Å²) >= 11 is 3.24. The monoisotopic (exact) mass is 390 g/mol.